The number of nitrogens with zero attached hydrogens (tertiary/aromatic N) is 2. The summed E-state index contributed by atoms with van der Waals surface area (Å²) in [7, 11) is 0. The molecule has 0 aromatic carbocycles. The first-order valence-electron chi connectivity index (χ1n) is 6.50. The fraction of sp³-hybridized carbons (Fsp3) is 0.583. The maximum absolute atomic E-state index is 12.0. The smallest absolute Gasteiger partial charge is 0.326 e. The molecule has 0 saturated carbocycles. The van der Waals surface area contributed by atoms with Gasteiger partial charge in [0.05, 0.1) is 12.3 Å². The van der Waals surface area contributed by atoms with Gasteiger partial charge < -0.3 is 15.2 Å². The molecule has 0 aliphatic carbocycles. The number of nitrogens with one attached hydrogen (secondary N) is 1. The summed E-state index contributed by atoms with van der Waals surface area (Å²) in [6, 6.07) is -1.16. The van der Waals surface area contributed by atoms with Gasteiger partial charge in [-0.15, -0.1) is 5.10 Å². The molecule has 0 spiro atoms. The summed E-state index contributed by atoms with van der Waals surface area (Å²) in [5.41, 5.74) is 0.520. The topological polar surface area (TPSA) is 118 Å². The van der Waals surface area contributed by atoms with Crippen LogP contribution in [0.4, 0.5) is 0 Å². The van der Waals surface area contributed by atoms with E-state index in [1.165, 1.54) is 0 Å². The standard InChI is InChI=1S/C12H17N3O5S/c1-3-7-10(21-15-14-7)11(17)13-8(12(18)19)5-6-9(16)20-4-2/h8H,3-6H2,1-2H3,(H,13,17)(H,18,19)/t8-/m0/s1. The van der Waals surface area contributed by atoms with Gasteiger partial charge in [-0.25, -0.2) is 4.79 Å². The predicted molar refractivity (Wildman–Crippen MR) is 74.0 cm³/mol. The van der Waals surface area contributed by atoms with Crippen molar-refractivity contribution in [3.05, 3.63) is 10.6 Å². The number of amides is 1. The van der Waals surface area contributed by atoms with Crippen LogP contribution >= 0.6 is 11.5 Å². The van der Waals surface area contributed by atoms with E-state index in [0.29, 0.717) is 17.0 Å². The Hall–Kier alpha value is -2.03. The van der Waals surface area contributed by atoms with Crippen molar-refractivity contribution in [3.63, 3.8) is 0 Å². The maximum atomic E-state index is 12.0. The van der Waals surface area contributed by atoms with Crippen LogP contribution in [0.3, 0.4) is 0 Å². The Balaban J connectivity index is 2.64. The van der Waals surface area contributed by atoms with Gasteiger partial charge in [-0.1, -0.05) is 11.4 Å². The lowest BCUT2D eigenvalue weighted by Gasteiger charge is -2.13. The highest BCUT2D eigenvalue weighted by molar-refractivity contribution is 7.08. The van der Waals surface area contributed by atoms with Crippen LogP contribution in [0.2, 0.25) is 0 Å². The molecule has 0 bridgehead atoms. The molecule has 1 heterocycles. The highest BCUT2D eigenvalue weighted by Crippen LogP contribution is 2.12. The Morgan fingerprint density at radius 1 is 1.38 bits per heavy atom. The van der Waals surface area contributed by atoms with Crippen molar-refractivity contribution in [2.24, 2.45) is 0 Å². The SMILES string of the molecule is CCOC(=O)CC[C@H](NC(=O)c1snnc1CC)C(=O)O. The first-order chi connectivity index (χ1) is 9.99. The summed E-state index contributed by atoms with van der Waals surface area (Å²) < 4.78 is 8.40. The zero-order valence-corrected chi connectivity index (χ0v) is 12.6. The van der Waals surface area contributed by atoms with Gasteiger partial charge in [-0.3, -0.25) is 9.59 Å². The molecule has 1 aromatic heterocycles. The van der Waals surface area contributed by atoms with Gasteiger partial charge in [0.25, 0.3) is 5.91 Å². The molecule has 0 unspecified atom stereocenters. The molecule has 0 saturated heterocycles. The lowest BCUT2D eigenvalue weighted by atomic mass is 10.1. The normalized spacial score (nSPS) is 11.7. The molecule has 0 fully saturated rings. The van der Waals surface area contributed by atoms with Crippen LogP contribution in [0.1, 0.15) is 42.1 Å². The average Bonchev–Trinajstić information content (AvgIpc) is 2.91. The third-order valence-corrected chi connectivity index (χ3v) is 3.41. The third kappa shape index (κ3) is 5.10. The van der Waals surface area contributed by atoms with Crippen molar-refractivity contribution in [1.29, 1.82) is 0 Å². The minimum Gasteiger partial charge on any atom is -0.480 e. The molecule has 1 aromatic rings. The zero-order valence-electron chi connectivity index (χ0n) is 11.8. The summed E-state index contributed by atoms with van der Waals surface area (Å²) in [5.74, 6) is -2.24. The van der Waals surface area contributed by atoms with Crippen molar-refractivity contribution < 1.29 is 24.2 Å². The van der Waals surface area contributed by atoms with E-state index in [1.807, 2.05) is 6.92 Å². The van der Waals surface area contributed by atoms with Gasteiger partial charge in [-0.05, 0) is 31.3 Å². The minimum absolute atomic E-state index is 0.0341. The molecular formula is C12H17N3O5S. The Morgan fingerprint density at radius 3 is 2.67 bits per heavy atom. The van der Waals surface area contributed by atoms with Gasteiger partial charge >= 0.3 is 11.9 Å². The Bertz CT molecular complexity index is 517. The van der Waals surface area contributed by atoms with Crippen molar-refractivity contribution in [2.45, 2.75) is 39.2 Å². The molecule has 0 aliphatic heterocycles. The summed E-state index contributed by atoms with van der Waals surface area (Å²) in [4.78, 5) is 34.7. The number of hydrogen-bond donors (Lipinski definition) is 2. The van der Waals surface area contributed by atoms with E-state index in [4.69, 9.17) is 9.84 Å². The fourth-order valence-corrected chi connectivity index (χ4v) is 2.24. The van der Waals surface area contributed by atoms with Crippen LogP contribution in [-0.4, -0.2) is 45.2 Å². The highest BCUT2D eigenvalue weighted by atomic mass is 32.1. The lowest BCUT2D eigenvalue weighted by molar-refractivity contribution is -0.144. The predicted octanol–water partition coefficient (Wildman–Crippen LogP) is 0.627. The average molecular weight is 315 g/mol. The third-order valence-electron chi connectivity index (χ3n) is 2.64. The molecule has 1 rings (SSSR count). The second kappa shape index (κ2) is 8.30. The number of esters is 1. The van der Waals surface area contributed by atoms with Crippen LogP contribution in [0.5, 0.6) is 0 Å². The number of aryl methyl sites for hydroxylation is 1. The van der Waals surface area contributed by atoms with Crippen LogP contribution < -0.4 is 5.32 Å². The van der Waals surface area contributed by atoms with Gasteiger partial charge in [0.2, 0.25) is 0 Å². The number of rotatable bonds is 8. The number of hydrogen-bond acceptors (Lipinski definition) is 7. The Morgan fingerprint density at radius 2 is 2.10 bits per heavy atom. The molecule has 21 heavy (non-hydrogen) atoms. The van der Waals surface area contributed by atoms with E-state index in [9.17, 15) is 14.4 Å². The molecule has 2 N–H and O–H groups in total. The first-order valence-corrected chi connectivity index (χ1v) is 7.27. The molecule has 1 atom stereocenters. The molecule has 1 amide bonds. The van der Waals surface area contributed by atoms with Crippen LogP contribution in [-0.2, 0) is 20.7 Å². The Kier molecular flexibility index (Phi) is 6.73. The second-order valence-electron chi connectivity index (χ2n) is 4.11. The molecule has 0 radical (unpaired) electrons. The van der Waals surface area contributed by atoms with Gasteiger partial charge in [-0.2, -0.15) is 0 Å². The Labute approximate surface area is 125 Å². The van der Waals surface area contributed by atoms with Crippen LogP contribution in [0.25, 0.3) is 0 Å². The van der Waals surface area contributed by atoms with Crippen molar-refractivity contribution in [3.8, 4) is 0 Å². The van der Waals surface area contributed by atoms with E-state index >= 15 is 0 Å². The number of aromatic nitrogens is 2. The van der Waals surface area contributed by atoms with Gasteiger partial charge in [0.15, 0.2) is 0 Å². The highest BCUT2D eigenvalue weighted by Gasteiger charge is 2.24. The minimum atomic E-state index is -1.21. The van der Waals surface area contributed by atoms with Crippen LogP contribution in [0.15, 0.2) is 0 Å². The zero-order chi connectivity index (χ0) is 15.8. The lowest BCUT2D eigenvalue weighted by Crippen LogP contribution is -2.41. The van der Waals surface area contributed by atoms with E-state index in [1.54, 1.807) is 6.92 Å². The number of carboxylic acids is 1. The van der Waals surface area contributed by atoms with E-state index in [2.05, 4.69) is 14.9 Å². The van der Waals surface area contributed by atoms with Crippen LogP contribution in [0, 0.1) is 0 Å². The van der Waals surface area contributed by atoms with Crippen molar-refractivity contribution in [1.82, 2.24) is 14.9 Å². The van der Waals surface area contributed by atoms with E-state index < -0.39 is 23.9 Å². The summed E-state index contributed by atoms with van der Waals surface area (Å²) in [6.45, 7) is 3.72. The van der Waals surface area contributed by atoms with Crippen molar-refractivity contribution >= 4 is 29.4 Å². The second-order valence-corrected chi connectivity index (χ2v) is 4.86. The summed E-state index contributed by atoms with van der Waals surface area (Å²) >= 11 is 0.911. The summed E-state index contributed by atoms with van der Waals surface area (Å²) in [6.07, 6.45) is 0.417. The molecule has 0 aliphatic rings. The quantitative estimate of drug-likeness (QED) is 0.675. The number of carbonyl (C=O) groups excluding carboxylic acids is 2. The number of carbonyl (C=O) groups is 3. The van der Waals surface area contributed by atoms with Gasteiger partial charge in [0.1, 0.15) is 10.9 Å². The van der Waals surface area contributed by atoms with E-state index in [0.717, 1.165) is 11.5 Å². The maximum Gasteiger partial charge on any atom is 0.326 e. The largest absolute Gasteiger partial charge is 0.480 e. The number of ether oxygens (including phenoxy) is 1. The number of carboxylic acid groups (broad SMARTS) is 1. The summed E-state index contributed by atoms with van der Waals surface area (Å²) in [5, 5.41) is 15.3. The molecule has 116 valence electrons. The van der Waals surface area contributed by atoms with E-state index in [-0.39, 0.29) is 19.4 Å². The van der Waals surface area contributed by atoms with Crippen molar-refractivity contribution in [2.75, 3.05) is 6.61 Å². The first kappa shape index (κ1) is 17.0. The number of aliphatic carboxylic acids is 1. The molecule has 9 heteroatoms. The molecular weight excluding hydrogens is 298 g/mol. The monoisotopic (exact) mass is 315 g/mol. The van der Waals surface area contributed by atoms with Gasteiger partial charge in [0, 0.05) is 6.42 Å². The molecule has 8 nitrogen and oxygen atoms in total. The fourth-order valence-electron chi connectivity index (χ4n) is 1.59.